The standard InChI is InChI=1S/C15H10O2/c16-15(17)8-6-10-5-7-13-11-3-1-2-4-12(11)14(13)9-10/h1-9H,(H,16,17)/b8-6+. The molecule has 82 valence electrons. The molecule has 1 aliphatic rings. The summed E-state index contributed by atoms with van der Waals surface area (Å²) in [4.78, 5) is 10.5. The molecule has 0 saturated heterocycles. The lowest BCUT2D eigenvalue weighted by atomic mass is 9.80. The molecule has 0 saturated carbocycles. The zero-order chi connectivity index (χ0) is 11.8. The molecule has 0 fully saturated rings. The van der Waals surface area contributed by atoms with E-state index in [9.17, 15) is 4.79 Å². The summed E-state index contributed by atoms with van der Waals surface area (Å²) < 4.78 is 0. The molecule has 0 aliphatic heterocycles. The van der Waals surface area contributed by atoms with Crippen molar-refractivity contribution in [1.29, 1.82) is 0 Å². The second-order valence-corrected chi connectivity index (χ2v) is 4.02. The number of carbonyl (C=O) groups is 1. The lowest BCUT2D eigenvalue weighted by Crippen LogP contribution is -1.98. The van der Waals surface area contributed by atoms with E-state index >= 15 is 0 Å². The van der Waals surface area contributed by atoms with Crippen molar-refractivity contribution in [2.45, 2.75) is 0 Å². The molecule has 0 aromatic heterocycles. The molecule has 1 aliphatic carbocycles. The minimum absolute atomic E-state index is 0.917. The van der Waals surface area contributed by atoms with Crippen LogP contribution in [0.2, 0.25) is 0 Å². The predicted molar refractivity (Wildman–Crippen MR) is 67.5 cm³/mol. The van der Waals surface area contributed by atoms with Gasteiger partial charge >= 0.3 is 5.97 Å². The molecule has 2 heteroatoms. The van der Waals surface area contributed by atoms with Crippen LogP contribution in [0, 0.1) is 0 Å². The summed E-state index contributed by atoms with van der Waals surface area (Å²) in [6.45, 7) is 0. The fourth-order valence-corrected chi connectivity index (χ4v) is 2.18. The Bertz CT molecular complexity index is 639. The van der Waals surface area contributed by atoms with Gasteiger partial charge in [-0.2, -0.15) is 0 Å². The molecule has 0 heterocycles. The first-order chi connectivity index (χ1) is 8.25. The van der Waals surface area contributed by atoms with Crippen LogP contribution in [0.25, 0.3) is 28.3 Å². The van der Waals surface area contributed by atoms with E-state index in [4.69, 9.17) is 5.11 Å². The number of hydrogen-bond donors (Lipinski definition) is 1. The number of benzene rings is 2. The summed E-state index contributed by atoms with van der Waals surface area (Å²) in [7, 11) is 0. The van der Waals surface area contributed by atoms with Crippen molar-refractivity contribution >= 4 is 12.0 Å². The normalized spacial score (nSPS) is 11.8. The summed E-state index contributed by atoms with van der Waals surface area (Å²) >= 11 is 0. The highest BCUT2D eigenvalue weighted by molar-refractivity contribution is 6.03. The topological polar surface area (TPSA) is 37.3 Å². The lowest BCUT2D eigenvalue weighted by Gasteiger charge is -2.23. The second-order valence-electron chi connectivity index (χ2n) is 4.02. The minimum atomic E-state index is -0.923. The van der Waals surface area contributed by atoms with Crippen LogP contribution >= 0.6 is 0 Å². The van der Waals surface area contributed by atoms with Gasteiger partial charge in [0.05, 0.1) is 0 Å². The first kappa shape index (κ1) is 9.85. The quantitative estimate of drug-likeness (QED) is 0.674. The summed E-state index contributed by atoms with van der Waals surface area (Å²) in [5, 5.41) is 8.58. The number of carboxylic acids is 1. The smallest absolute Gasteiger partial charge is 0.328 e. The Hall–Kier alpha value is -2.35. The zero-order valence-electron chi connectivity index (χ0n) is 9.05. The van der Waals surface area contributed by atoms with Gasteiger partial charge in [0.2, 0.25) is 0 Å². The van der Waals surface area contributed by atoms with Gasteiger partial charge in [0.1, 0.15) is 0 Å². The Balaban J connectivity index is 2.00. The van der Waals surface area contributed by atoms with Gasteiger partial charge in [0.25, 0.3) is 0 Å². The van der Waals surface area contributed by atoms with Crippen LogP contribution in [0.1, 0.15) is 5.56 Å². The van der Waals surface area contributed by atoms with E-state index in [1.807, 2.05) is 30.3 Å². The summed E-state index contributed by atoms with van der Waals surface area (Å²) in [5.41, 5.74) is 5.88. The fourth-order valence-electron chi connectivity index (χ4n) is 2.18. The average molecular weight is 222 g/mol. The van der Waals surface area contributed by atoms with Gasteiger partial charge in [-0.3, -0.25) is 0 Å². The maximum absolute atomic E-state index is 10.5. The van der Waals surface area contributed by atoms with E-state index in [0.717, 1.165) is 11.6 Å². The van der Waals surface area contributed by atoms with E-state index in [2.05, 4.69) is 12.1 Å². The number of hydrogen-bond acceptors (Lipinski definition) is 1. The Labute approximate surface area is 98.8 Å². The third-order valence-electron chi connectivity index (χ3n) is 2.97. The molecule has 0 atom stereocenters. The van der Waals surface area contributed by atoms with Crippen molar-refractivity contribution in [2.75, 3.05) is 0 Å². The summed E-state index contributed by atoms with van der Waals surface area (Å²) in [5.74, 6) is -0.923. The van der Waals surface area contributed by atoms with Gasteiger partial charge in [-0.25, -0.2) is 4.79 Å². The second kappa shape index (κ2) is 3.59. The maximum Gasteiger partial charge on any atom is 0.328 e. The monoisotopic (exact) mass is 222 g/mol. The van der Waals surface area contributed by atoms with E-state index in [-0.39, 0.29) is 0 Å². The maximum atomic E-state index is 10.5. The molecule has 0 unspecified atom stereocenters. The van der Waals surface area contributed by atoms with Gasteiger partial charge in [-0.05, 0) is 40.0 Å². The van der Waals surface area contributed by atoms with Crippen LogP contribution in [-0.4, -0.2) is 11.1 Å². The van der Waals surface area contributed by atoms with Crippen LogP contribution in [-0.2, 0) is 4.79 Å². The highest BCUT2D eigenvalue weighted by Crippen LogP contribution is 2.47. The molecule has 0 radical (unpaired) electrons. The lowest BCUT2D eigenvalue weighted by molar-refractivity contribution is -0.131. The largest absolute Gasteiger partial charge is 0.478 e. The molecule has 2 aromatic rings. The van der Waals surface area contributed by atoms with Crippen molar-refractivity contribution in [2.24, 2.45) is 0 Å². The third kappa shape index (κ3) is 1.54. The number of aliphatic carboxylic acids is 1. The molecular formula is C15H10O2. The highest BCUT2D eigenvalue weighted by Gasteiger charge is 2.20. The van der Waals surface area contributed by atoms with E-state index in [1.54, 1.807) is 6.08 Å². The first-order valence-electron chi connectivity index (χ1n) is 5.40. The van der Waals surface area contributed by atoms with Crippen LogP contribution in [0.3, 0.4) is 0 Å². The molecule has 2 nitrogen and oxygen atoms in total. The Morgan fingerprint density at radius 2 is 1.59 bits per heavy atom. The van der Waals surface area contributed by atoms with Crippen LogP contribution in [0.5, 0.6) is 0 Å². The van der Waals surface area contributed by atoms with Gasteiger partial charge < -0.3 is 5.11 Å². The highest BCUT2D eigenvalue weighted by atomic mass is 16.4. The Kier molecular flexibility index (Phi) is 2.08. The number of carboxylic acid groups (broad SMARTS) is 1. The zero-order valence-corrected chi connectivity index (χ0v) is 9.05. The van der Waals surface area contributed by atoms with Crippen molar-refractivity contribution in [3.05, 3.63) is 54.1 Å². The molecule has 0 amide bonds. The molecular weight excluding hydrogens is 212 g/mol. The third-order valence-corrected chi connectivity index (χ3v) is 2.97. The molecule has 0 bridgehead atoms. The van der Waals surface area contributed by atoms with Crippen molar-refractivity contribution in [3.63, 3.8) is 0 Å². The number of fused-ring (bicyclic) bond motifs is 4. The van der Waals surface area contributed by atoms with Crippen molar-refractivity contribution in [1.82, 2.24) is 0 Å². The van der Waals surface area contributed by atoms with E-state index in [0.29, 0.717) is 0 Å². The first-order valence-corrected chi connectivity index (χ1v) is 5.40. The van der Waals surface area contributed by atoms with E-state index in [1.165, 1.54) is 22.3 Å². The Morgan fingerprint density at radius 1 is 0.941 bits per heavy atom. The molecule has 3 rings (SSSR count). The van der Waals surface area contributed by atoms with Crippen molar-refractivity contribution < 1.29 is 9.90 Å². The summed E-state index contributed by atoms with van der Waals surface area (Å²) in [6, 6.07) is 14.2. The molecule has 0 spiro atoms. The van der Waals surface area contributed by atoms with Crippen LogP contribution in [0.4, 0.5) is 0 Å². The van der Waals surface area contributed by atoms with Gasteiger partial charge in [-0.15, -0.1) is 0 Å². The summed E-state index contributed by atoms with van der Waals surface area (Å²) in [6.07, 6.45) is 2.77. The van der Waals surface area contributed by atoms with Gasteiger partial charge in [0, 0.05) is 6.08 Å². The van der Waals surface area contributed by atoms with E-state index < -0.39 is 5.97 Å². The van der Waals surface area contributed by atoms with Crippen LogP contribution in [0.15, 0.2) is 48.5 Å². The minimum Gasteiger partial charge on any atom is -0.478 e. The fraction of sp³-hybridized carbons (Fsp3) is 0. The average Bonchev–Trinajstić information content (AvgIpc) is 2.33. The molecule has 2 aromatic carbocycles. The van der Waals surface area contributed by atoms with Crippen molar-refractivity contribution in [3.8, 4) is 22.3 Å². The molecule has 17 heavy (non-hydrogen) atoms. The van der Waals surface area contributed by atoms with Crippen LogP contribution < -0.4 is 0 Å². The van der Waals surface area contributed by atoms with Gasteiger partial charge in [-0.1, -0.05) is 36.4 Å². The Morgan fingerprint density at radius 3 is 2.29 bits per heavy atom. The number of rotatable bonds is 2. The molecule has 1 N–H and O–H groups in total. The van der Waals surface area contributed by atoms with Gasteiger partial charge in [0.15, 0.2) is 0 Å². The predicted octanol–water partition coefficient (Wildman–Crippen LogP) is 3.43. The SMILES string of the molecule is O=C(O)/C=C/c1ccc2c(c1)-c1ccccc1-2.